The molecule has 1 atom stereocenters. The van der Waals surface area contributed by atoms with E-state index in [2.05, 4.69) is 76.0 Å². The lowest BCUT2D eigenvalue weighted by Gasteiger charge is -2.42. The van der Waals surface area contributed by atoms with Gasteiger partial charge in [-0.2, -0.15) is 0 Å². The lowest BCUT2D eigenvalue weighted by molar-refractivity contribution is 0.0859. The number of hydrogen-bond acceptors (Lipinski definition) is 3. The van der Waals surface area contributed by atoms with Crippen molar-refractivity contribution in [1.82, 2.24) is 10.2 Å². The fraction of sp³-hybridized carbons (Fsp3) is 0.684. The molecule has 1 saturated heterocycles. The Bertz CT molecular complexity index is 472. The van der Waals surface area contributed by atoms with E-state index in [1.165, 1.54) is 5.56 Å². The van der Waals surface area contributed by atoms with Crippen molar-refractivity contribution in [2.75, 3.05) is 26.2 Å². The van der Waals surface area contributed by atoms with Crippen LogP contribution < -0.4 is 10.1 Å². The molecule has 0 unspecified atom stereocenters. The summed E-state index contributed by atoms with van der Waals surface area (Å²) in [7, 11) is 0. The minimum atomic E-state index is -0.149. The molecule has 1 aliphatic heterocycles. The molecular formula is C19H34Cl2N2O. The first kappa shape index (κ1) is 23.5. The van der Waals surface area contributed by atoms with E-state index < -0.39 is 0 Å². The van der Waals surface area contributed by atoms with E-state index in [1.807, 2.05) is 0 Å². The average Bonchev–Trinajstić information content (AvgIpc) is 2.39. The second kappa shape index (κ2) is 9.28. The molecule has 1 aliphatic rings. The fourth-order valence-electron chi connectivity index (χ4n) is 3.27. The molecule has 0 aromatic heterocycles. The molecule has 3 nitrogen and oxygen atoms in total. The van der Waals surface area contributed by atoms with E-state index in [0.717, 1.165) is 31.9 Å². The minimum absolute atomic E-state index is 0. The first-order chi connectivity index (χ1) is 10.2. The average molecular weight is 377 g/mol. The van der Waals surface area contributed by atoms with Gasteiger partial charge in [0.05, 0.1) is 0 Å². The van der Waals surface area contributed by atoms with Crippen molar-refractivity contribution in [1.29, 1.82) is 0 Å². The summed E-state index contributed by atoms with van der Waals surface area (Å²) in [6, 6.07) is 9.14. The van der Waals surface area contributed by atoms with Gasteiger partial charge in [-0.05, 0) is 43.9 Å². The molecule has 2 rings (SSSR count). The summed E-state index contributed by atoms with van der Waals surface area (Å²) in [5, 5.41) is 3.45. The van der Waals surface area contributed by atoms with E-state index >= 15 is 0 Å². The van der Waals surface area contributed by atoms with Crippen LogP contribution in [-0.2, 0) is 0 Å². The molecule has 0 aliphatic carbocycles. The van der Waals surface area contributed by atoms with Crippen LogP contribution in [-0.4, -0.2) is 36.7 Å². The highest BCUT2D eigenvalue weighted by Gasteiger charge is 2.32. The van der Waals surface area contributed by atoms with Crippen LogP contribution in [0.5, 0.6) is 5.75 Å². The SMILES string of the molecule is CC(C)(C)Oc1ccc([C@@H](N2CCNCC2)C(C)(C)C)cc1.Cl.Cl. The van der Waals surface area contributed by atoms with Gasteiger partial charge in [0.2, 0.25) is 0 Å². The van der Waals surface area contributed by atoms with Gasteiger partial charge in [-0.1, -0.05) is 32.9 Å². The molecule has 0 amide bonds. The van der Waals surface area contributed by atoms with Gasteiger partial charge >= 0.3 is 0 Å². The highest BCUT2D eigenvalue weighted by molar-refractivity contribution is 5.85. The molecule has 24 heavy (non-hydrogen) atoms. The monoisotopic (exact) mass is 376 g/mol. The Kier molecular flexibility index (Phi) is 9.10. The Morgan fingerprint density at radius 3 is 1.83 bits per heavy atom. The number of nitrogens with one attached hydrogen (secondary N) is 1. The van der Waals surface area contributed by atoms with Gasteiger partial charge in [0.25, 0.3) is 0 Å². The Morgan fingerprint density at radius 1 is 0.917 bits per heavy atom. The van der Waals surface area contributed by atoms with Crippen molar-refractivity contribution >= 4 is 24.8 Å². The van der Waals surface area contributed by atoms with Crippen LogP contribution in [0.2, 0.25) is 0 Å². The number of piperazine rings is 1. The molecular weight excluding hydrogens is 343 g/mol. The van der Waals surface area contributed by atoms with Crippen LogP contribution in [0.3, 0.4) is 0 Å². The number of rotatable bonds is 3. The largest absolute Gasteiger partial charge is 0.488 e. The summed E-state index contributed by atoms with van der Waals surface area (Å²) < 4.78 is 5.94. The van der Waals surface area contributed by atoms with Crippen LogP contribution in [0, 0.1) is 5.41 Å². The standard InChI is InChI=1S/C19H32N2O.2ClH/c1-18(2,3)17(21-13-11-20-12-14-21)15-7-9-16(10-8-15)22-19(4,5)6;;/h7-10,17,20H,11-14H2,1-6H3;2*1H/t17-;;/m1../s1. The molecule has 0 saturated carbocycles. The molecule has 0 radical (unpaired) electrons. The minimum Gasteiger partial charge on any atom is -0.488 e. The Morgan fingerprint density at radius 2 is 1.42 bits per heavy atom. The van der Waals surface area contributed by atoms with Crippen molar-refractivity contribution in [3.63, 3.8) is 0 Å². The third kappa shape index (κ3) is 6.79. The predicted molar refractivity (Wildman–Crippen MR) is 108 cm³/mol. The van der Waals surface area contributed by atoms with Crippen LogP contribution in [0.25, 0.3) is 0 Å². The number of halogens is 2. The molecule has 1 fully saturated rings. The normalized spacial score (nSPS) is 17.4. The molecule has 0 bridgehead atoms. The maximum absolute atomic E-state index is 5.94. The zero-order valence-corrected chi connectivity index (χ0v) is 17.5. The van der Waals surface area contributed by atoms with Crippen molar-refractivity contribution in [3.05, 3.63) is 29.8 Å². The van der Waals surface area contributed by atoms with Crippen molar-refractivity contribution < 1.29 is 4.74 Å². The van der Waals surface area contributed by atoms with Crippen LogP contribution >= 0.6 is 24.8 Å². The highest BCUT2D eigenvalue weighted by atomic mass is 35.5. The first-order valence-corrected chi connectivity index (χ1v) is 8.40. The number of ether oxygens (including phenoxy) is 1. The van der Waals surface area contributed by atoms with E-state index in [1.54, 1.807) is 0 Å². The Labute approximate surface area is 160 Å². The lowest BCUT2D eigenvalue weighted by Crippen LogP contribution is -2.48. The zero-order chi connectivity index (χ0) is 16.4. The summed E-state index contributed by atoms with van der Waals surface area (Å²) in [4.78, 5) is 2.61. The van der Waals surface area contributed by atoms with Crippen LogP contribution in [0.4, 0.5) is 0 Å². The van der Waals surface area contributed by atoms with Crippen molar-refractivity contribution in [2.45, 2.75) is 53.2 Å². The summed E-state index contributed by atoms with van der Waals surface area (Å²) in [5.74, 6) is 0.948. The molecule has 140 valence electrons. The predicted octanol–water partition coefficient (Wildman–Crippen LogP) is 4.70. The Balaban J connectivity index is 0.00000264. The topological polar surface area (TPSA) is 24.5 Å². The molecule has 1 N–H and O–H groups in total. The van der Waals surface area contributed by atoms with Gasteiger partial charge < -0.3 is 10.1 Å². The quantitative estimate of drug-likeness (QED) is 0.826. The fourth-order valence-corrected chi connectivity index (χ4v) is 3.27. The van der Waals surface area contributed by atoms with Gasteiger partial charge in [-0.25, -0.2) is 0 Å². The van der Waals surface area contributed by atoms with Gasteiger partial charge in [-0.3, -0.25) is 4.90 Å². The molecule has 0 spiro atoms. The molecule has 5 heteroatoms. The van der Waals surface area contributed by atoms with Crippen LogP contribution in [0.1, 0.15) is 53.1 Å². The Hall–Kier alpha value is -0.480. The second-order valence-corrected chi connectivity index (χ2v) is 8.34. The van der Waals surface area contributed by atoms with Gasteiger partial charge in [0, 0.05) is 32.2 Å². The van der Waals surface area contributed by atoms with E-state index in [0.29, 0.717) is 6.04 Å². The maximum Gasteiger partial charge on any atom is 0.120 e. The van der Waals surface area contributed by atoms with Crippen molar-refractivity contribution in [2.24, 2.45) is 5.41 Å². The van der Waals surface area contributed by atoms with Gasteiger partial charge in [-0.15, -0.1) is 24.8 Å². The third-order valence-electron chi connectivity index (χ3n) is 3.96. The lowest BCUT2D eigenvalue weighted by atomic mass is 9.81. The summed E-state index contributed by atoms with van der Waals surface area (Å²) >= 11 is 0. The van der Waals surface area contributed by atoms with Crippen LogP contribution in [0.15, 0.2) is 24.3 Å². The molecule has 1 heterocycles. The molecule has 1 aromatic rings. The number of nitrogens with zero attached hydrogens (tertiary/aromatic N) is 1. The molecule has 1 aromatic carbocycles. The van der Waals surface area contributed by atoms with E-state index in [-0.39, 0.29) is 35.8 Å². The number of benzene rings is 1. The smallest absolute Gasteiger partial charge is 0.120 e. The maximum atomic E-state index is 5.94. The van der Waals surface area contributed by atoms with E-state index in [4.69, 9.17) is 4.74 Å². The summed E-state index contributed by atoms with van der Waals surface area (Å²) in [6.45, 7) is 17.6. The zero-order valence-electron chi connectivity index (χ0n) is 15.9. The second-order valence-electron chi connectivity index (χ2n) is 8.34. The third-order valence-corrected chi connectivity index (χ3v) is 3.96. The van der Waals surface area contributed by atoms with E-state index in [9.17, 15) is 0 Å². The first-order valence-electron chi connectivity index (χ1n) is 8.40. The highest BCUT2D eigenvalue weighted by Crippen LogP contribution is 2.38. The van der Waals surface area contributed by atoms with Gasteiger partial charge in [0.15, 0.2) is 0 Å². The summed E-state index contributed by atoms with van der Waals surface area (Å²) in [5.41, 5.74) is 1.45. The number of hydrogen-bond donors (Lipinski definition) is 1. The summed E-state index contributed by atoms with van der Waals surface area (Å²) in [6.07, 6.45) is 0. The van der Waals surface area contributed by atoms with Gasteiger partial charge in [0.1, 0.15) is 11.4 Å². The van der Waals surface area contributed by atoms with Crippen molar-refractivity contribution in [3.8, 4) is 5.75 Å².